The van der Waals surface area contributed by atoms with E-state index in [2.05, 4.69) is 5.32 Å². The van der Waals surface area contributed by atoms with Gasteiger partial charge in [0.2, 0.25) is 0 Å². The van der Waals surface area contributed by atoms with Crippen molar-refractivity contribution in [2.45, 2.75) is 45.0 Å². The molecule has 1 aliphatic carbocycles. The molecule has 0 saturated heterocycles. The van der Waals surface area contributed by atoms with Crippen molar-refractivity contribution in [2.75, 3.05) is 13.2 Å². The lowest BCUT2D eigenvalue weighted by atomic mass is 9.96. The highest BCUT2D eigenvalue weighted by Crippen LogP contribution is 2.37. The first-order chi connectivity index (χ1) is 8.99. The van der Waals surface area contributed by atoms with Gasteiger partial charge in [0.05, 0.1) is 12.6 Å². The van der Waals surface area contributed by atoms with Gasteiger partial charge in [-0.15, -0.1) is 11.3 Å². The van der Waals surface area contributed by atoms with Crippen LogP contribution in [-0.2, 0) is 17.7 Å². The predicted molar refractivity (Wildman–Crippen MR) is 69.4 cm³/mol. The van der Waals surface area contributed by atoms with Gasteiger partial charge in [0.25, 0.3) is 0 Å². The van der Waals surface area contributed by atoms with E-state index in [1.165, 1.54) is 10.4 Å². The van der Waals surface area contributed by atoms with Crippen LogP contribution < -0.4 is 5.32 Å². The van der Waals surface area contributed by atoms with Crippen LogP contribution in [0.4, 0.5) is 13.2 Å². The number of fused-ring (bicyclic) bond motifs is 1. The van der Waals surface area contributed by atoms with Crippen molar-refractivity contribution in [1.29, 1.82) is 0 Å². The van der Waals surface area contributed by atoms with Crippen LogP contribution in [0.1, 0.15) is 41.2 Å². The number of hydrogen-bond acceptors (Lipinski definition) is 3. The van der Waals surface area contributed by atoms with Gasteiger partial charge in [0.15, 0.2) is 0 Å². The van der Waals surface area contributed by atoms with Gasteiger partial charge in [-0.2, -0.15) is 13.2 Å². The Morgan fingerprint density at radius 3 is 2.95 bits per heavy atom. The summed E-state index contributed by atoms with van der Waals surface area (Å²) in [6, 6.07) is 2.00. The van der Waals surface area contributed by atoms with Gasteiger partial charge in [0.1, 0.15) is 0 Å². The Morgan fingerprint density at radius 2 is 2.26 bits per heavy atom. The van der Waals surface area contributed by atoms with Crippen LogP contribution in [0.15, 0.2) is 6.07 Å². The molecule has 0 saturated carbocycles. The normalized spacial score (nSPS) is 19.5. The van der Waals surface area contributed by atoms with Crippen molar-refractivity contribution in [3.8, 4) is 0 Å². The Hall–Kier alpha value is -0.590. The molecule has 1 unspecified atom stereocenters. The number of aryl methyl sites for hydroxylation is 1. The van der Waals surface area contributed by atoms with Gasteiger partial charge in [-0.1, -0.05) is 0 Å². The minimum absolute atomic E-state index is 0.126. The van der Waals surface area contributed by atoms with Gasteiger partial charge in [-0.3, -0.25) is 0 Å². The van der Waals surface area contributed by atoms with Crippen LogP contribution in [0.25, 0.3) is 0 Å². The zero-order chi connectivity index (χ0) is 13.9. The zero-order valence-electron chi connectivity index (χ0n) is 10.8. The van der Waals surface area contributed by atoms with Crippen LogP contribution >= 0.6 is 11.3 Å². The Balaban J connectivity index is 1.97. The number of halogens is 3. The van der Waals surface area contributed by atoms with Gasteiger partial charge in [-0.05, 0) is 37.8 Å². The summed E-state index contributed by atoms with van der Waals surface area (Å²) in [6.07, 6.45) is -0.907. The molecule has 1 aromatic rings. The molecule has 0 aromatic carbocycles. The molecule has 0 aliphatic heterocycles. The first-order valence-electron chi connectivity index (χ1n) is 6.50. The Labute approximate surface area is 115 Å². The molecule has 2 rings (SSSR count). The van der Waals surface area contributed by atoms with Crippen molar-refractivity contribution in [3.63, 3.8) is 0 Å². The van der Waals surface area contributed by atoms with Gasteiger partial charge >= 0.3 is 6.18 Å². The van der Waals surface area contributed by atoms with Crippen molar-refractivity contribution in [2.24, 2.45) is 0 Å². The lowest BCUT2D eigenvalue weighted by Crippen LogP contribution is -2.27. The number of hydrogen-bond donors (Lipinski definition) is 1. The third kappa shape index (κ3) is 4.19. The molecule has 19 heavy (non-hydrogen) atoms. The van der Waals surface area contributed by atoms with E-state index in [9.17, 15) is 13.2 Å². The highest BCUT2D eigenvalue weighted by atomic mass is 32.1. The Morgan fingerprint density at radius 1 is 1.47 bits per heavy atom. The molecular weight excluding hydrogens is 275 g/mol. The van der Waals surface area contributed by atoms with Gasteiger partial charge < -0.3 is 10.1 Å². The molecule has 1 aromatic heterocycles. The van der Waals surface area contributed by atoms with E-state index in [0.29, 0.717) is 6.61 Å². The second-order valence-corrected chi connectivity index (χ2v) is 5.87. The largest absolute Gasteiger partial charge is 0.401 e. The van der Waals surface area contributed by atoms with Crippen molar-refractivity contribution < 1.29 is 17.9 Å². The van der Waals surface area contributed by atoms with E-state index in [-0.39, 0.29) is 12.6 Å². The summed E-state index contributed by atoms with van der Waals surface area (Å²) >= 11 is 1.61. The zero-order valence-corrected chi connectivity index (χ0v) is 11.7. The minimum Gasteiger partial charge on any atom is -0.374 e. The molecule has 0 fully saturated rings. The molecule has 0 spiro atoms. The second kappa shape index (κ2) is 6.24. The first kappa shape index (κ1) is 14.8. The first-order valence-corrected chi connectivity index (χ1v) is 7.32. The lowest BCUT2D eigenvalue weighted by Gasteiger charge is -2.22. The van der Waals surface area contributed by atoms with E-state index in [0.717, 1.165) is 24.1 Å². The van der Waals surface area contributed by atoms with Crippen LogP contribution in [0.5, 0.6) is 0 Å². The van der Waals surface area contributed by atoms with E-state index < -0.39 is 12.7 Å². The smallest absolute Gasteiger partial charge is 0.374 e. The SMILES string of the molecule is CCOC1CCCc2sc(CNCC(F)(F)F)cc21. The van der Waals surface area contributed by atoms with Gasteiger partial charge in [-0.25, -0.2) is 0 Å². The van der Waals surface area contributed by atoms with E-state index in [1.807, 2.05) is 13.0 Å². The molecule has 6 heteroatoms. The van der Waals surface area contributed by atoms with E-state index in [1.54, 1.807) is 11.3 Å². The summed E-state index contributed by atoms with van der Waals surface area (Å²) in [6.45, 7) is 1.97. The summed E-state index contributed by atoms with van der Waals surface area (Å²) in [5, 5.41) is 2.44. The summed E-state index contributed by atoms with van der Waals surface area (Å²) in [7, 11) is 0. The number of nitrogens with one attached hydrogen (secondary N) is 1. The maximum absolute atomic E-state index is 12.1. The molecule has 2 nitrogen and oxygen atoms in total. The molecule has 1 atom stereocenters. The number of alkyl halides is 3. The topological polar surface area (TPSA) is 21.3 Å². The summed E-state index contributed by atoms with van der Waals surface area (Å²) in [4.78, 5) is 2.23. The number of rotatable bonds is 5. The van der Waals surface area contributed by atoms with Crippen molar-refractivity contribution in [3.05, 3.63) is 21.4 Å². The van der Waals surface area contributed by atoms with E-state index in [4.69, 9.17) is 4.74 Å². The minimum atomic E-state index is -4.15. The third-order valence-electron chi connectivity index (χ3n) is 3.10. The number of thiophene rings is 1. The predicted octanol–water partition coefficient (Wildman–Crippen LogP) is 3.81. The molecule has 1 N–H and O–H groups in total. The maximum Gasteiger partial charge on any atom is 0.401 e. The highest BCUT2D eigenvalue weighted by Gasteiger charge is 2.27. The molecular formula is C13H18F3NOS. The second-order valence-electron chi connectivity index (χ2n) is 4.65. The maximum atomic E-state index is 12.1. The van der Waals surface area contributed by atoms with Crippen LogP contribution in [0.2, 0.25) is 0 Å². The molecule has 0 amide bonds. The third-order valence-corrected chi connectivity index (χ3v) is 4.31. The fraction of sp³-hybridized carbons (Fsp3) is 0.692. The quantitative estimate of drug-likeness (QED) is 0.891. The molecule has 1 aliphatic rings. The summed E-state index contributed by atoms with van der Waals surface area (Å²) < 4.78 is 41.9. The molecule has 108 valence electrons. The average molecular weight is 293 g/mol. The fourth-order valence-electron chi connectivity index (χ4n) is 2.36. The summed E-state index contributed by atoms with van der Waals surface area (Å²) in [5.74, 6) is 0. The van der Waals surface area contributed by atoms with Crippen molar-refractivity contribution >= 4 is 11.3 Å². The summed E-state index contributed by atoms with van der Waals surface area (Å²) in [5.41, 5.74) is 1.18. The van der Waals surface area contributed by atoms with Crippen LogP contribution in [0.3, 0.4) is 0 Å². The standard InChI is InChI=1S/C13H18F3NOS/c1-2-18-11-4-3-5-12-10(11)6-9(19-12)7-17-8-13(14,15)16/h6,11,17H,2-5,7-8H2,1H3. The molecule has 0 bridgehead atoms. The van der Waals surface area contributed by atoms with Crippen LogP contribution in [0, 0.1) is 0 Å². The molecule has 0 radical (unpaired) electrons. The lowest BCUT2D eigenvalue weighted by molar-refractivity contribution is -0.125. The monoisotopic (exact) mass is 293 g/mol. The Kier molecular flexibility index (Phi) is 4.86. The highest BCUT2D eigenvalue weighted by molar-refractivity contribution is 7.12. The molecule has 1 heterocycles. The average Bonchev–Trinajstić information content (AvgIpc) is 2.71. The Bertz CT molecular complexity index is 417. The van der Waals surface area contributed by atoms with Crippen molar-refractivity contribution in [1.82, 2.24) is 5.32 Å². The number of ether oxygens (including phenoxy) is 1. The van der Waals surface area contributed by atoms with Crippen LogP contribution in [-0.4, -0.2) is 19.3 Å². The fourth-order valence-corrected chi connectivity index (χ4v) is 3.59. The van der Waals surface area contributed by atoms with E-state index >= 15 is 0 Å². The van der Waals surface area contributed by atoms with Gasteiger partial charge in [0, 0.05) is 22.9 Å².